The number of hydrogen-bond donors (Lipinski definition) is 6. The van der Waals surface area contributed by atoms with Gasteiger partial charge in [0.05, 0.1) is 32.5 Å². The van der Waals surface area contributed by atoms with Gasteiger partial charge in [0.1, 0.15) is 5.75 Å². The standard InChI is InChI=1S/C32H43N3O6/c1-24-8-6-10-28(18-24)34-32(39)35-29-11-7-9-25(19-29)23-41-17-16-40-15-5-3-2-4-14-33-21-31(38)26-12-13-30(37)27(20-26)22-36/h6-13,18-20,31,33,36-38H,2-5,14-17,21-23H2,1H3,(H2,34,35,39)/t31-/m0/s1. The lowest BCUT2D eigenvalue weighted by Gasteiger charge is -2.14. The fraction of sp³-hybridized carbons (Fsp3) is 0.406. The molecule has 0 spiro atoms. The molecule has 3 rings (SSSR count). The second-order valence-electron chi connectivity index (χ2n) is 9.99. The number of ether oxygens (including phenoxy) is 2. The minimum atomic E-state index is -0.687. The van der Waals surface area contributed by atoms with Gasteiger partial charge in [-0.15, -0.1) is 0 Å². The molecule has 1 atom stereocenters. The number of unbranched alkanes of at least 4 members (excludes halogenated alkanes) is 3. The Kier molecular flexibility index (Phi) is 14.1. The predicted molar refractivity (Wildman–Crippen MR) is 161 cm³/mol. The van der Waals surface area contributed by atoms with Gasteiger partial charge >= 0.3 is 6.03 Å². The molecule has 0 bridgehead atoms. The lowest BCUT2D eigenvalue weighted by molar-refractivity contribution is 0.0393. The van der Waals surface area contributed by atoms with Gasteiger partial charge in [-0.25, -0.2) is 4.79 Å². The minimum absolute atomic E-state index is 0.0324. The second-order valence-corrected chi connectivity index (χ2v) is 9.99. The second kappa shape index (κ2) is 18.1. The maximum Gasteiger partial charge on any atom is 0.323 e. The number of phenols is 1. The van der Waals surface area contributed by atoms with Crippen LogP contribution in [0.5, 0.6) is 5.75 Å². The number of amides is 2. The Morgan fingerprint density at radius 3 is 2.37 bits per heavy atom. The Labute approximate surface area is 242 Å². The molecule has 0 saturated carbocycles. The van der Waals surface area contributed by atoms with Crippen molar-refractivity contribution in [3.05, 3.63) is 89.0 Å². The Bertz CT molecular complexity index is 1210. The number of aliphatic hydroxyl groups is 2. The molecule has 0 radical (unpaired) electrons. The van der Waals surface area contributed by atoms with Crippen LogP contribution in [-0.4, -0.2) is 54.3 Å². The van der Waals surface area contributed by atoms with E-state index in [1.807, 2.05) is 55.5 Å². The number of aromatic hydroxyl groups is 1. The lowest BCUT2D eigenvalue weighted by atomic mass is 10.1. The summed E-state index contributed by atoms with van der Waals surface area (Å²) in [7, 11) is 0. The Morgan fingerprint density at radius 2 is 1.59 bits per heavy atom. The highest BCUT2D eigenvalue weighted by atomic mass is 16.5. The SMILES string of the molecule is Cc1cccc(NC(=O)Nc2cccc(COCCOCCCCCCNC[C@H](O)c3ccc(O)c(CO)c3)c2)c1. The first-order chi connectivity index (χ1) is 19.9. The highest BCUT2D eigenvalue weighted by Crippen LogP contribution is 2.22. The molecule has 3 aromatic rings. The Balaban J connectivity index is 1.16. The van der Waals surface area contributed by atoms with Crippen LogP contribution in [0.1, 0.15) is 54.0 Å². The summed E-state index contributed by atoms with van der Waals surface area (Å²) in [6, 6.07) is 19.7. The van der Waals surface area contributed by atoms with E-state index in [0.717, 1.165) is 49.0 Å². The number of benzene rings is 3. The molecule has 6 N–H and O–H groups in total. The van der Waals surface area contributed by atoms with Gasteiger partial charge in [0.2, 0.25) is 0 Å². The number of aliphatic hydroxyl groups excluding tert-OH is 2. The third-order valence-corrected chi connectivity index (χ3v) is 6.49. The van der Waals surface area contributed by atoms with Crippen LogP contribution >= 0.6 is 0 Å². The number of carbonyl (C=O) groups is 1. The zero-order valence-electron chi connectivity index (χ0n) is 23.8. The van der Waals surface area contributed by atoms with Gasteiger partial charge in [-0.2, -0.15) is 0 Å². The fourth-order valence-corrected chi connectivity index (χ4v) is 4.27. The molecule has 3 aromatic carbocycles. The number of hydrogen-bond acceptors (Lipinski definition) is 7. The van der Waals surface area contributed by atoms with Crippen LogP contribution in [0.2, 0.25) is 0 Å². The first-order valence-electron chi connectivity index (χ1n) is 14.1. The molecule has 0 aliphatic rings. The minimum Gasteiger partial charge on any atom is -0.508 e. The van der Waals surface area contributed by atoms with E-state index in [1.54, 1.807) is 12.1 Å². The van der Waals surface area contributed by atoms with E-state index >= 15 is 0 Å². The molecule has 0 aliphatic heterocycles. The number of nitrogens with one attached hydrogen (secondary N) is 3. The molecule has 0 heterocycles. The molecular weight excluding hydrogens is 522 g/mol. The Morgan fingerprint density at radius 1 is 0.854 bits per heavy atom. The molecule has 0 saturated heterocycles. The maximum absolute atomic E-state index is 12.3. The lowest BCUT2D eigenvalue weighted by Crippen LogP contribution is -2.22. The van der Waals surface area contributed by atoms with Gasteiger partial charge in [-0.05, 0) is 79.4 Å². The van der Waals surface area contributed by atoms with E-state index in [9.17, 15) is 20.1 Å². The van der Waals surface area contributed by atoms with E-state index in [4.69, 9.17) is 9.47 Å². The van der Waals surface area contributed by atoms with Crippen molar-refractivity contribution in [3.63, 3.8) is 0 Å². The molecule has 222 valence electrons. The van der Waals surface area contributed by atoms with Crippen molar-refractivity contribution in [3.8, 4) is 5.75 Å². The average molecular weight is 566 g/mol. The number of carbonyl (C=O) groups excluding carboxylic acids is 1. The normalized spacial score (nSPS) is 11.8. The molecule has 0 fully saturated rings. The predicted octanol–water partition coefficient (Wildman–Crippen LogP) is 5.25. The van der Waals surface area contributed by atoms with E-state index < -0.39 is 6.10 Å². The summed E-state index contributed by atoms with van der Waals surface area (Å²) in [6.07, 6.45) is 3.45. The van der Waals surface area contributed by atoms with Crippen molar-refractivity contribution in [2.24, 2.45) is 0 Å². The molecule has 41 heavy (non-hydrogen) atoms. The molecule has 0 aromatic heterocycles. The van der Waals surface area contributed by atoms with Crippen LogP contribution in [0.3, 0.4) is 0 Å². The third-order valence-electron chi connectivity index (χ3n) is 6.49. The third kappa shape index (κ3) is 12.3. The van der Waals surface area contributed by atoms with Crippen molar-refractivity contribution >= 4 is 17.4 Å². The van der Waals surface area contributed by atoms with Crippen molar-refractivity contribution < 1.29 is 29.6 Å². The van der Waals surface area contributed by atoms with Crippen molar-refractivity contribution in [1.82, 2.24) is 5.32 Å². The van der Waals surface area contributed by atoms with Gasteiger partial charge in [0.15, 0.2) is 0 Å². The van der Waals surface area contributed by atoms with Crippen LogP contribution in [-0.2, 0) is 22.7 Å². The molecule has 0 unspecified atom stereocenters. The summed E-state index contributed by atoms with van der Waals surface area (Å²) in [5.74, 6) is 0.0324. The number of rotatable bonds is 18. The zero-order valence-corrected chi connectivity index (χ0v) is 23.8. The highest BCUT2D eigenvalue weighted by molar-refractivity contribution is 5.99. The molecule has 0 aliphatic carbocycles. The van der Waals surface area contributed by atoms with Crippen LogP contribution in [0.25, 0.3) is 0 Å². The number of aryl methyl sites for hydroxylation is 1. The van der Waals surface area contributed by atoms with Gasteiger partial charge in [-0.1, -0.05) is 43.2 Å². The summed E-state index contributed by atoms with van der Waals surface area (Å²) < 4.78 is 11.4. The van der Waals surface area contributed by atoms with Gasteiger partial charge in [0.25, 0.3) is 0 Å². The maximum atomic E-state index is 12.3. The van der Waals surface area contributed by atoms with E-state index in [-0.39, 0.29) is 18.4 Å². The quantitative estimate of drug-likeness (QED) is 0.116. The van der Waals surface area contributed by atoms with Crippen molar-refractivity contribution in [2.75, 3.05) is 43.5 Å². The monoisotopic (exact) mass is 565 g/mol. The van der Waals surface area contributed by atoms with Gasteiger partial charge < -0.3 is 40.7 Å². The van der Waals surface area contributed by atoms with Gasteiger partial charge in [0, 0.05) is 30.1 Å². The van der Waals surface area contributed by atoms with E-state index in [0.29, 0.717) is 49.8 Å². The van der Waals surface area contributed by atoms with E-state index in [1.165, 1.54) is 6.07 Å². The first kappa shape index (κ1) is 32.0. The largest absolute Gasteiger partial charge is 0.508 e. The summed E-state index contributed by atoms with van der Waals surface area (Å²) in [6.45, 7) is 5.11. The van der Waals surface area contributed by atoms with Crippen LogP contribution in [0.15, 0.2) is 66.7 Å². The first-order valence-corrected chi connectivity index (χ1v) is 14.1. The Hall–Kier alpha value is -3.47. The number of urea groups is 1. The highest BCUT2D eigenvalue weighted by Gasteiger charge is 2.10. The smallest absolute Gasteiger partial charge is 0.323 e. The summed E-state index contributed by atoms with van der Waals surface area (Å²) in [5.41, 5.74) is 4.58. The van der Waals surface area contributed by atoms with Crippen molar-refractivity contribution in [2.45, 2.75) is 51.9 Å². The van der Waals surface area contributed by atoms with Crippen LogP contribution < -0.4 is 16.0 Å². The molecule has 9 heteroatoms. The van der Waals surface area contributed by atoms with E-state index in [2.05, 4.69) is 16.0 Å². The van der Waals surface area contributed by atoms with Crippen molar-refractivity contribution in [1.29, 1.82) is 0 Å². The van der Waals surface area contributed by atoms with Crippen LogP contribution in [0.4, 0.5) is 16.2 Å². The number of anilines is 2. The summed E-state index contributed by atoms with van der Waals surface area (Å²) in [4.78, 5) is 12.3. The average Bonchev–Trinajstić information content (AvgIpc) is 2.95. The zero-order chi connectivity index (χ0) is 29.3. The fourth-order valence-electron chi connectivity index (χ4n) is 4.27. The van der Waals surface area contributed by atoms with Crippen LogP contribution in [0, 0.1) is 6.92 Å². The summed E-state index contributed by atoms with van der Waals surface area (Å²) >= 11 is 0. The summed E-state index contributed by atoms with van der Waals surface area (Å²) in [5, 5.41) is 38.1. The molecular formula is C32H43N3O6. The topological polar surface area (TPSA) is 132 Å². The molecule has 2 amide bonds. The molecule has 9 nitrogen and oxygen atoms in total. The van der Waals surface area contributed by atoms with Gasteiger partial charge in [-0.3, -0.25) is 0 Å².